The fraction of sp³-hybridized carbons (Fsp3) is 0.154. The van der Waals surface area contributed by atoms with E-state index in [9.17, 15) is 9.59 Å². The number of anilines is 1. The smallest absolute Gasteiger partial charge is 0.341 e. The molecule has 3 rings (SSSR count). The van der Waals surface area contributed by atoms with E-state index in [-0.39, 0.29) is 23.7 Å². The van der Waals surface area contributed by atoms with E-state index in [1.807, 2.05) is 0 Å². The Hall–Kier alpha value is -2.83. The molecule has 102 valence electrons. The number of carbonyl (C=O) groups is 2. The highest BCUT2D eigenvalue weighted by molar-refractivity contribution is 5.96. The van der Waals surface area contributed by atoms with E-state index in [4.69, 9.17) is 14.4 Å². The maximum atomic E-state index is 11.5. The Morgan fingerprint density at radius 1 is 1.40 bits per heavy atom. The van der Waals surface area contributed by atoms with Crippen LogP contribution in [0.25, 0.3) is 11.3 Å². The summed E-state index contributed by atoms with van der Waals surface area (Å²) in [6, 6.07) is 4.92. The third-order valence-corrected chi connectivity index (χ3v) is 2.90. The summed E-state index contributed by atoms with van der Waals surface area (Å²) in [6.45, 7) is 0.306. The van der Waals surface area contributed by atoms with E-state index in [1.54, 1.807) is 18.2 Å². The lowest BCUT2D eigenvalue weighted by Gasteiger charge is -2.08. The number of carboxylic acid groups (broad SMARTS) is 1. The molecule has 2 heterocycles. The molecule has 20 heavy (non-hydrogen) atoms. The molecular formula is C13H10N2O5. The maximum absolute atomic E-state index is 11.5. The van der Waals surface area contributed by atoms with Gasteiger partial charge < -0.3 is 19.7 Å². The van der Waals surface area contributed by atoms with Crippen molar-refractivity contribution in [1.82, 2.24) is 5.16 Å². The minimum absolute atomic E-state index is 0.0363. The van der Waals surface area contributed by atoms with Crippen molar-refractivity contribution >= 4 is 17.6 Å². The summed E-state index contributed by atoms with van der Waals surface area (Å²) in [5.41, 5.74) is 0.952. The van der Waals surface area contributed by atoms with Gasteiger partial charge in [-0.3, -0.25) is 4.79 Å². The number of amides is 1. The molecule has 0 spiro atoms. The number of carbonyl (C=O) groups excluding carboxylic acids is 1. The predicted molar refractivity (Wildman–Crippen MR) is 67.6 cm³/mol. The monoisotopic (exact) mass is 274 g/mol. The highest BCUT2D eigenvalue weighted by Crippen LogP contribution is 2.33. The number of rotatable bonds is 2. The highest BCUT2D eigenvalue weighted by atomic mass is 16.5. The molecule has 0 unspecified atom stereocenters. The standard InChI is InChI=1S/C13H10N2O5/c16-11-3-4-19-10-2-1-7(5-9(10)15-11)12-8(13(17)18)6-14-20-12/h1-2,5-6H,3-4H2,(H,15,16)(H,17,18). The largest absolute Gasteiger partial charge is 0.491 e. The highest BCUT2D eigenvalue weighted by Gasteiger charge is 2.20. The Morgan fingerprint density at radius 3 is 3.05 bits per heavy atom. The van der Waals surface area contributed by atoms with Crippen LogP contribution < -0.4 is 10.1 Å². The molecule has 7 nitrogen and oxygen atoms in total. The molecule has 1 aliphatic heterocycles. The second kappa shape index (κ2) is 4.69. The SMILES string of the molecule is O=C1CCOc2ccc(-c3oncc3C(=O)O)cc2N1. The van der Waals surface area contributed by atoms with Crippen LogP contribution in [-0.2, 0) is 4.79 Å². The first-order chi connectivity index (χ1) is 9.65. The first kappa shape index (κ1) is 12.2. The molecule has 7 heteroatoms. The first-order valence-corrected chi connectivity index (χ1v) is 5.90. The molecular weight excluding hydrogens is 264 g/mol. The van der Waals surface area contributed by atoms with Gasteiger partial charge in [-0.25, -0.2) is 4.79 Å². The molecule has 1 aromatic heterocycles. The summed E-state index contributed by atoms with van der Waals surface area (Å²) >= 11 is 0. The number of fused-ring (bicyclic) bond motifs is 1. The Labute approximate surface area is 113 Å². The normalized spacial score (nSPS) is 13.9. The summed E-state index contributed by atoms with van der Waals surface area (Å²) in [7, 11) is 0. The first-order valence-electron chi connectivity index (χ1n) is 5.90. The van der Waals surface area contributed by atoms with Crippen LogP contribution >= 0.6 is 0 Å². The van der Waals surface area contributed by atoms with Crippen molar-refractivity contribution in [2.45, 2.75) is 6.42 Å². The van der Waals surface area contributed by atoms with Crippen LogP contribution in [0.4, 0.5) is 5.69 Å². The van der Waals surface area contributed by atoms with Crippen LogP contribution in [0.2, 0.25) is 0 Å². The molecule has 1 aromatic carbocycles. The van der Waals surface area contributed by atoms with Crippen molar-refractivity contribution in [2.75, 3.05) is 11.9 Å². The lowest BCUT2D eigenvalue weighted by atomic mass is 10.1. The molecule has 0 bridgehead atoms. The summed E-state index contributed by atoms with van der Waals surface area (Å²) in [5.74, 6) is -0.608. The number of carboxylic acids is 1. The third-order valence-electron chi connectivity index (χ3n) is 2.90. The van der Waals surface area contributed by atoms with Crippen molar-refractivity contribution < 1.29 is 24.0 Å². The maximum Gasteiger partial charge on any atom is 0.341 e. The number of aromatic nitrogens is 1. The van der Waals surface area contributed by atoms with Crippen LogP contribution in [0.1, 0.15) is 16.8 Å². The van der Waals surface area contributed by atoms with Gasteiger partial charge in [0.1, 0.15) is 11.3 Å². The topological polar surface area (TPSA) is 102 Å². The number of aromatic carboxylic acids is 1. The van der Waals surface area contributed by atoms with Crippen molar-refractivity contribution in [3.63, 3.8) is 0 Å². The minimum atomic E-state index is -1.13. The second-order valence-corrected chi connectivity index (χ2v) is 4.23. The molecule has 0 radical (unpaired) electrons. The Bertz CT molecular complexity index is 692. The Kier molecular flexibility index (Phi) is 2.86. The van der Waals surface area contributed by atoms with Gasteiger partial charge in [-0.15, -0.1) is 0 Å². The number of nitrogens with one attached hydrogen (secondary N) is 1. The van der Waals surface area contributed by atoms with Gasteiger partial charge in [0, 0.05) is 5.56 Å². The van der Waals surface area contributed by atoms with Gasteiger partial charge in [0.05, 0.1) is 24.9 Å². The summed E-state index contributed by atoms with van der Waals surface area (Å²) < 4.78 is 10.4. The molecule has 0 aliphatic carbocycles. The number of nitrogens with zero attached hydrogens (tertiary/aromatic N) is 1. The zero-order valence-electron chi connectivity index (χ0n) is 10.3. The molecule has 1 amide bonds. The molecule has 0 saturated carbocycles. The lowest BCUT2D eigenvalue weighted by molar-refractivity contribution is -0.116. The third kappa shape index (κ3) is 2.09. The van der Waals surface area contributed by atoms with Crippen molar-refractivity contribution in [2.24, 2.45) is 0 Å². The Balaban J connectivity index is 2.06. The van der Waals surface area contributed by atoms with Crippen LogP contribution in [0.15, 0.2) is 28.9 Å². The minimum Gasteiger partial charge on any atom is -0.491 e. The molecule has 1 aliphatic rings. The van der Waals surface area contributed by atoms with Crippen LogP contribution in [-0.4, -0.2) is 28.7 Å². The van der Waals surface area contributed by atoms with Gasteiger partial charge in [-0.2, -0.15) is 0 Å². The lowest BCUT2D eigenvalue weighted by Crippen LogP contribution is -2.10. The number of ether oxygens (including phenoxy) is 1. The van der Waals surface area contributed by atoms with E-state index in [1.165, 1.54) is 0 Å². The summed E-state index contributed by atoms with van der Waals surface area (Å²) in [6.07, 6.45) is 1.41. The fourth-order valence-electron chi connectivity index (χ4n) is 1.96. The Morgan fingerprint density at radius 2 is 2.25 bits per heavy atom. The molecule has 0 atom stereocenters. The molecule has 0 fully saturated rings. The summed E-state index contributed by atoms with van der Waals surface area (Å²) in [4.78, 5) is 22.6. The van der Waals surface area contributed by atoms with E-state index < -0.39 is 5.97 Å². The van der Waals surface area contributed by atoms with Gasteiger partial charge in [0.15, 0.2) is 5.76 Å². The van der Waals surface area contributed by atoms with Gasteiger partial charge in [0.25, 0.3) is 0 Å². The van der Waals surface area contributed by atoms with Crippen LogP contribution in [0, 0.1) is 0 Å². The zero-order chi connectivity index (χ0) is 14.1. The van der Waals surface area contributed by atoms with Gasteiger partial charge >= 0.3 is 5.97 Å². The van der Waals surface area contributed by atoms with Gasteiger partial charge in [-0.1, -0.05) is 5.16 Å². The van der Waals surface area contributed by atoms with E-state index in [0.717, 1.165) is 6.20 Å². The van der Waals surface area contributed by atoms with Gasteiger partial charge in [0.2, 0.25) is 5.91 Å². The zero-order valence-corrected chi connectivity index (χ0v) is 10.3. The van der Waals surface area contributed by atoms with E-state index >= 15 is 0 Å². The summed E-state index contributed by atoms with van der Waals surface area (Å²) in [5, 5.41) is 15.2. The van der Waals surface area contributed by atoms with Crippen LogP contribution in [0.3, 0.4) is 0 Å². The fourth-order valence-corrected chi connectivity index (χ4v) is 1.96. The van der Waals surface area contributed by atoms with Crippen molar-refractivity contribution in [1.29, 1.82) is 0 Å². The van der Waals surface area contributed by atoms with Crippen LogP contribution in [0.5, 0.6) is 5.75 Å². The van der Waals surface area contributed by atoms with Crippen molar-refractivity contribution in [3.05, 3.63) is 30.0 Å². The van der Waals surface area contributed by atoms with Gasteiger partial charge in [-0.05, 0) is 18.2 Å². The predicted octanol–water partition coefficient (Wildman–Crippen LogP) is 1.76. The number of hydrogen-bond donors (Lipinski definition) is 2. The average molecular weight is 274 g/mol. The molecule has 0 saturated heterocycles. The average Bonchev–Trinajstić information content (AvgIpc) is 2.82. The van der Waals surface area contributed by atoms with E-state index in [2.05, 4.69) is 10.5 Å². The second-order valence-electron chi connectivity index (χ2n) is 4.23. The van der Waals surface area contributed by atoms with Crippen molar-refractivity contribution in [3.8, 4) is 17.1 Å². The number of hydrogen-bond acceptors (Lipinski definition) is 5. The quantitative estimate of drug-likeness (QED) is 0.865. The number of benzene rings is 1. The molecule has 2 aromatic rings. The van der Waals surface area contributed by atoms with E-state index in [0.29, 0.717) is 23.6 Å². The molecule has 2 N–H and O–H groups in total.